The van der Waals surface area contributed by atoms with Crippen molar-refractivity contribution >= 4 is 40.0 Å². The van der Waals surface area contributed by atoms with Crippen molar-refractivity contribution < 1.29 is 18.0 Å². The molecule has 3 heterocycles. The number of rotatable bonds is 5. The number of likely N-dealkylation sites (tertiary alicyclic amines) is 1. The van der Waals surface area contributed by atoms with Crippen molar-refractivity contribution in [2.75, 3.05) is 13.1 Å². The number of carbonyl (C=O) groups is 1. The van der Waals surface area contributed by atoms with E-state index in [1.165, 1.54) is 11.3 Å². The topological polar surface area (TPSA) is 51.0 Å². The Bertz CT molecular complexity index is 1490. The predicted octanol–water partition coefficient (Wildman–Crippen LogP) is 7.78. The maximum Gasteiger partial charge on any atom is 0.446 e. The maximum absolute atomic E-state index is 13.2. The van der Waals surface area contributed by atoms with Crippen molar-refractivity contribution in [1.29, 1.82) is 0 Å². The molecule has 2 aromatic carbocycles. The number of para-hydroxylation sites is 2. The third-order valence-electron chi connectivity index (χ3n) is 7.18. The van der Waals surface area contributed by atoms with E-state index in [0.29, 0.717) is 18.7 Å². The Morgan fingerprint density at radius 2 is 1.79 bits per heavy atom. The van der Waals surface area contributed by atoms with Gasteiger partial charge in [0.1, 0.15) is 17.4 Å². The van der Waals surface area contributed by atoms with Gasteiger partial charge in [-0.3, -0.25) is 4.79 Å². The minimum atomic E-state index is -4.35. The molecular weight excluding hydrogens is 541 g/mol. The van der Waals surface area contributed by atoms with Crippen LogP contribution in [0.3, 0.4) is 0 Å². The van der Waals surface area contributed by atoms with Crippen LogP contribution in [0, 0.1) is 6.92 Å². The molecule has 5 rings (SSSR count). The number of aromatic nitrogens is 3. The number of benzene rings is 2. The molecule has 206 valence electrons. The van der Waals surface area contributed by atoms with Gasteiger partial charge in [-0.1, -0.05) is 32.9 Å². The fourth-order valence-corrected chi connectivity index (χ4v) is 6.54. The molecule has 5 nitrogen and oxygen atoms in total. The van der Waals surface area contributed by atoms with Crippen LogP contribution in [0.25, 0.3) is 21.6 Å². The molecule has 1 aliphatic rings. The van der Waals surface area contributed by atoms with Gasteiger partial charge in [-0.05, 0) is 72.8 Å². The van der Waals surface area contributed by atoms with E-state index < -0.39 is 5.51 Å². The van der Waals surface area contributed by atoms with Gasteiger partial charge in [0.05, 0.1) is 16.7 Å². The lowest BCUT2D eigenvalue weighted by atomic mass is 9.86. The van der Waals surface area contributed by atoms with Crippen LogP contribution in [0.2, 0.25) is 0 Å². The van der Waals surface area contributed by atoms with Gasteiger partial charge in [0, 0.05) is 34.8 Å². The summed E-state index contributed by atoms with van der Waals surface area (Å²) in [6.07, 6.45) is 1.60. The largest absolute Gasteiger partial charge is 0.446 e. The first-order valence-electron chi connectivity index (χ1n) is 12.9. The number of aryl methyl sites for hydroxylation is 1. The summed E-state index contributed by atoms with van der Waals surface area (Å²) in [6, 6.07) is 13.0. The fraction of sp³-hybridized carbons (Fsp3) is 0.414. The number of piperidine rings is 1. The summed E-state index contributed by atoms with van der Waals surface area (Å²) >= 11 is 1.38. The Balaban J connectivity index is 1.27. The average molecular weight is 573 g/mol. The molecule has 1 saturated heterocycles. The molecule has 1 fully saturated rings. The second kappa shape index (κ2) is 10.6. The van der Waals surface area contributed by atoms with Gasteiger partial charge < -0.3 is 9.47 Å². The van der Waals surface area contributed by atoms with Crippen molar-refractivity contribution in [2.45, 2.75) is 68.8 Å². The van der Waals surface area contributed by atoms with Crippen molar-refractivity contribution in [1.82, 2.24) is 19.4 Å². The Labute approximate surface area is 234 Å². The highest BCUT2D eigenvalue weighted by molar-refractivity contribution is 8.00. The number of halogens is 3. The molecular formula is C29H31F3N4OS2. The molecule has 0 bridgehead atoms. The van der Waals surface area contributed by atoms with Gasteiger partial charge in [0.25, 0.3) is 0 Å². The average Bonchev–Trinajstić information content (AvgIpc) is 3.48. The third kappa shape index (κ3) is 6.32. The maximum atomic E-state index is 13.2. The molecule has 0 radical (unpaired) electrons. The van der Waals surface area contributed by atoms with Gasteiger partial charge in [-0.15, -0.1) is 11.3 Å². The van der Waals surface area contributed by atoms with Crippen LogP contribution in [0.5, 0.6) is 0 Å². The van der Waals surface area contributed by atoms with E-state index in [1.807, 2.05) is 72.9 Å². The Kier molecular flexibility index (Phi) is 7.54. The van der Waals surface area contributed by atoms with E-state index in [4.69, 9.17) is 4.98 Å². The zero-order chi connectivity index (χ0) is 27.9. The monoisotopic (exact) mass is 572 g/mol. The zero-order valence-electron chi connectivity index (χ0n) is 22.4. The highest BCUT2D eigenvalue weighted by Crippen LogP contribution is 2.41. The normalized spacial score (nSPS) is 15.3. The molecule has 2 aromatic heterocycles. The summed E-state index contributed by atoms with van der Waals surface area (Å²) in [5.74, 6) is 1.11. The van der Waals surface area contributed by atoms with Gasteiger partial charge in [-0.2, -0.15) is 13.2 Å². The van der Waals surface area contributed by atoms with Crippen LogP contribution in [0.15, 0.2) is 52.7 Å². The van der Waals surface area contributed by atoms with E-state index in [1.54, 1.807) is 12.1 Å². The lowest BCUT2D eigenvalue weighted by Crippen LogP contribution is -2.39. The van der Waals surface area contributed by atoms with E-state index in [9.17, 15) is 18.0 Å². The van der Waals surface area contributed by atoms with Crippen LogP contribution >= 0.6 is 23.1 Å². The number of amides is 1. The standard InChI is InChI=1S/C29H31F3N4OS2/c1-18-33-23-7-5-6-8-25(23)36(18)16-26(37)35-11-9-19(10-12-35)24-17-38-27(34-24)20-13-21(28(2,3)4)15-22(14-20)39-29(30,31)32/h5-8,13-15,17,19H,9-12,16H2,1-4H3. The van der Waals surface area contributed by atoms with Crippen LogP contribution in [-0.2, 0) is 16.8 Å². The van der Waals surface area contributed by atoms with Crippen LogP contribution in [0.1, 0.15) is 56.6 Å². The SMILES string of the molecule is Cc1nc2ccccc2n1CC(=O)N1CCC(c2csc(-c3cc(SC(F)(F)F)cc(C(C)(C)C)c3)n2)CC1. The molecule has 1 amide bonds. The lowest BCUT2D eigenvalue weighted by Gasteiger charge is -2.31. The van der Waals surface area contributed by atoms with Gasteiger partial charge in [0.15, 0.2) is 0 Å². The number of thioether (sulfide) groups is 1. The van der Waals surface area contributed by atoms with Crippen molar-refractivity contribution in [3.05, 3.63) is 64.9 Å². The molecule has 0 N–H and O–H groups in total. The van der Waals surface area contributed by atoms with Gasteiger partial charge in [0.2, 0.25) is 5.91 Å². The number of carbonyl (C=O) groups excluding carboxylic acids is 1. The number of nitrogens with zero attached hydrogens (tertiary/aromatic N) is 4. The Morgan fingerprint density at radius 1 is 1.08 bits per heavy atom. The Hall–Kier alpha value is -2.85. The number of hydrogen-bond acceptors (Lipinski definition) is 5. The van der Waals surface area contributed by atoms with Crippen molar-refractivity contribution in [3.63, 3.8) is 0 Å². The minimum Gasteiger partial charge on any atom is -0.341 e. The number of imidazole rings is 1. The molecule has 1 aliphatic heterocycles. The number of hydrogen-bond donors (Lipinski definition) is 0. The van der Waals surface area contributed by atoms with Crippen LogP contribution in [0.4, 0.5) is 13.2 Å². The van der Waals surface area contributed by atoms with Crippen LogP contribution < -0.4 is 0 Å². The zero-order valence-corrected chi connectivity index (χ0v) is 24.0. The predicted molar refractivity (Wildman–Crippen MR) is 151 cm³/mol. The Morgan fingerprint density at radius 3 is 2.49 bits per heavy atom. The van der Waals surface area contributed by atoms with Crippen molar-refractivity contribution in [2.24, 2.45) is 0 Å². The molecule has 10 heteroatoms. The molecule has 0 aliphatic carbocycles. The molecule has 4 aromatic rings. The molecule has 0 saturated carbocycles. The highest BCUT2D eigenvalue weighted by Gasteiger charge is 2.31. The number of thiazole rings is 1. The summed E-state index contributed by atoms with van der Waals surface area (Å²) in [7, 11) is 0. The highest BCUT2D eigenvalue weighted by atomic mass is 32.2. The smallest absolute Gasteiger partial charge is 0.341 e. The first-order valence-corrected chi connectivity index (χ1v) is 14.6. The summed E-state index contributed by atoms with van der Waals surface area (Å²) < 4.78 is 41.4. The molecule has 39 heavy (non-hydrogen) atoms. The van der Waals surface area contributed by atoms with E-state index >= 15 is 0 Å². The molecule has 0 atom stereocenters. The third-order valence-corrected chi connectivity index (χ3v) is 8.79. The first-order chi connectivity index (χ1) is 18.4. The first kappa shape index (κ1) is 27.7. The van der Waals surface area contributed by atoms with E-state index in [-0.39, 0.29) is 40.4 Å². The number of fused-ring (bicyclic) bond motifs is 1. The van der Waals surface area contributed by atoms with Crippen molar-refractivity contribution in [3.8, 4) is 10.6 Å². The van der Waals surface area contributed by atoms with Gasteiger partial charge in [-0.25, -0.2) is 9.97 Å². The lowest BCUT2D eigenvalue weighted by molar-refractivity contribution is -0.132. The van der Waals surface area contributed by atoms with E-state index in [2.05, 4.69) is 4.98 Å². The number of alkyl halides is 3. The molecule has 0 unspecified atom stereocenters. The fourth-order valence-electron chi connectivity index (χ4n) is 5.01. The molecule has 0 spiro atoms. The minimum absolute atomic E-state index is 0.0763. The summed E-state index contributed by atoms with van der Waals surface area (Å²) in [5.41, 5.74) is -0.296. The summed E-state index contributed by atoms with van der Waals surface area (Å²) in [5, 5.41) is 2.74. The van der Waals surface area contributed by atoms with Crippen LogP contribution in [-0.4, -0.2) is 43.9 Å². The quantitative estimate of drug-likeness (QED) is 0.229. The summed E-state index contributed by atoms with van der Waals surface area (Å²) in [6.45, 7) is 9.46. The second-order valence-electron chi connectivity index (χ2n) is 11.0. The summed E-state index contributed by atoms with van der Waals surface area (Å²) in [4.78, 5) is 24.6. The van der Waals surface area contributed by atoms with E-state index in [0.717, 1.165) is 46.0 Å². The van der Waals surface area contributed by atoms with Gasteiger partial charge >= 0.3 is 5.51 Å². The second-order valence-corrected chi connectivity index (χ2v) is 13.0.